The van der Waals surface area contributed by atoms with Crippen molar-refractivity contribution < 1.29 is 20.4 Å². The summed E-state index contributed by atoms with van der Waals surface area (Å²) in [5, 5.41) is 38.8. The molecule has 0 saturated heterocycles. The van der Waals surface area contributed by atoms with E-state index in [1.165, 1.54) is 0 Å². The number of nitrogens with zero attached hydrogens (tertiary/aromatic N) is 2. The number of rotatable bonds is 12. The van der Waals surface area contributed by atoms with Gasteiger partial charge in [0, 0.05) is 26.2 Å². The number of aliphatic hydroxyl groups is 4. The summed E-state index contributed by atoms with van der Waals surface area (Å²) in [6.07, 6.45) is -0.532. The first-order chi connectivity index (χ1) is 9.78. The van der Waals surface area contributed by atoms with Crippen LogP contribution in [-0.2, 0) is 0 Å². The van der Waals surface area contributed by atoms with Gasteiger partial charge >= 0.3 is 0 Å². The topological polar surface area (TPSA) is 87.4 Å². The molecule has 4 atom stereocenters. The van der Waals surface area contributed by atoms with Crippen molar-refractivity contribution in [2.45, 2.75) is 65.0 Å². The van der Waals surface area contributed by atoms with Crippen LogP contribution in [0.4, 0.5) is 0 Å². The van der Waals surface area contributed by atoms with Crippen LogP contribution in [0.5, 0.6) is 0 Å². The predicted molar refractivity (Wildman–Crippen MR) is 84.0 cm³/mol. The van der Waals surface area contributed by atoms with Crippen LogP contribution >= 0.6 is 0 Å². The van der Waals surface area contributed by atoms with Gasteiger partial charge in [0.25, 0.3) is 0 Å². The molecule has 0 aromatic rings. The highest BCUT2D eigenvalue weighted by Crippen LogP contribution is 2.05. The summed E-state index contributed by atoms with van der Waals surface area (Å²) in [6, 6.07) is 0. The normalized spacial score (nSPS) is 18.0. The largest absolute Gasteiger partial charge is 0.392 e. The molecule has 128 valence electrons. The zero-order valence-electron chi connectivity index (χ0n) is 13.9. The maximum Gasteiger partial charge on any atom is 0.0665 e. The summed E-state index contributed by atoms with van der Waals surface area (Å²) in [6.45, 7) is 9.61. The van der Waals surface area contributed by atoms with Gasteiger partial charge in [-0.2, -0.15) is 0 Å². The van der Waals surface area contributed by atoms with Crippen molar-refractivity contribution in [3.05, 3.63) is 0 Å². The molecule has 4 unspecified atom stereocenters. The van der Waals surface area contributed by atoms with E-state index in [4.69, 9.17) is 0 Å². The van der Waals surface area contributed by atoms with Crippen LogP contribution in [0.2, 0.25) is 0 Å². The Hall–Kier alpha value is -0.240. The predicted octanol–water partition coefficient (Wildman–Crippen LogP) is -0.149. The fourth-order valence-electron chi connectivity index (χ4n) is 2.26. The molecular weight excluding hydrogens is 272 g/mol. The lowest BCUT2D eigenvalue weighted by atomic mass is 10.2. The van der Waals surface area contributed by atoms with E-state index in [0.717, 1.165) is 0 Å². The van der Waals surface area contributed by atoms with Crippen molar-refractivity contribution in [2.24, 2.45) is 0 Å². The van der Waals surface area contributed by atoms with Crippen LogP contribution in [0.15, 0.2) is 0 Å². The van der Waals surface area contributed by atoms with E-state index in [9.17, 15) is 20.4 Å². The van der Waals surface area contributed by atoms with Gasteiger partial charge in [0.15, 0.2) is 0 Å². The summed E-state index contributed by atoms with van der Waals surface area (Å²) in [5.74, 6) is 0. The van der Waals surface area contributed by atoms with Crippen molar-refractivity contribution in [1.82, 2.24) is 9.80 Å². The SMILES string of the molecule is CCC(O)CN(CC(O)CC)CN(CC(C)O)CC(C)O. The number of hydrogen-bond donors (Lipinski definition) is 4. The van der Waals surface area contributed by atoms with Gasteiger partial charge in [-0.1, -0.05) is 13.8 Å². The van der Waals surface area contributed by atoms with Crippen molar-refractivity contribution in [3.63, 3.8) is 0 Å². The molecule has 0 rings (SSSR count). The van der Waals surface area contributed by atoms with E-state index in [1.54, 1.807) is 13.8 Å². The van der Waals surface area contributed by atoms with Gasteiger partial charge < -0.3 is 20.4 Å². The highest BCUT2D eigenvalue weighted by molar-refractivity contribution is 4.71. The summed E-state index contributed by atoms with van der Waals surface area (Å²) in [5.41, 5.74) is 0. The third-order valence-electron chi connectivity index (χ3n) is 3.33. The first-order valence-corrected chi connectivity index (χ1v) is 7.95. The Labute approximate surface area is 129 Å². The third-order valence-corrected chi connectivity index (χ3v) is 3.33. The van der Waals surface area contributed by atoms with Crippen LogP contribution in [0, 0.1) is 0 Å². The maximum absolute atomic E-state index is 9.85. The van der Waals surface area contributed by atoms with Gasteiger partial charge in [0.1, 0.15) is 0 Å². The average molecular weight is 306 g/mol. The molecule has 0 saturated carbocycles. The molecule has 4 N–H and O–H groups in total. The van der Waals surface area contributed by atoms with Gasteiger partial charge in [-0.3, -0.25) is 9.80 Å². The Bertz CT molecular complexity index is 230. The molecule has 0 aliphatic rings. The third kappa shape index (κ3) is 11.0. The van der Waals surface area contributed by atoms with Gasteiger partial charge in [0.2, 0.25) is 0 Å². The van der Waals surface area contributed by atoms with E-state index in [0.29, 0.717) is 45.7 Å². The van der Waals surface area contributed by atoms with E-state index in [1.807, 2.05) is 23.6 Å². The minimum absolute atomic E-state index is 0.436. The molecular formula is C15H34N2O4. The monoisotopic (exact) mass is 306 g/mol. The molecule has 0 fully saturated rings. The second kappa shape index (κ2) is 11.3. The Morgan fingerprint density at radius 1 is 0.667 bits per heavy atom. The van der Waals surface area contributed by atoms with Crippen LogP contribution in [0.3, 0.4) is 0 Å². The first kappa shape index (κ1) is 20.8. The van der Waals surface area contributed by atoms with Gasteiger partial charge in [-0.05, 0) is 26.7 Å². The van der Waals surface area contributed by atoms with Gasteiger partial charge in [0.05, 0.1) is 31.1 Å². The van der Waals surface area contributed by atoms with Crippen LogP contribution < -0.4 is 0 Å². The van der Waals surface area contributed by atoms with Crippen molar-refractivity contribution >= 4 is 0 Å². The summed E-state index contributed by atoms with van der Waals surface area (Å²) in [4.78, 5) is 3.92. The molecule has 6 heteroatoms. The second-order valence-corrected chi connectivity index (χ2v) is 6.04. The smallest absolute Gasteiger partial charge is 0.0665 e. The molecule has 0 spiro atoms. The van der Waals surface area contributed by atoms with Crippen molar-refractivity contribution in [2.75, 3.05) is 32.8 Å². The van der Waals surface area contributed by atoms with Crippen LogP contribution in [-0.4, -0.2) is 87.5 Å². The lowest BCUT2D eigenvalue weighted by molar-refractivity contribution is 0.00652. The van der Waals surface area contributed by atoms with Gasteiger partial charge in [-0.15, -0.1) is 0 Å². The molecule has 0 aromatic carbocycles. The summed E-state index contributed by atoms with van der Waals surface area (Å²) >= 11 is 0. The van der Waals surface area contributed by atoms with Gasteiger partial charge in [-0.25, -0.2) is 0 Å². The zero-order valence-corrected chi connectivity index (χ0v) is 13.9. The highest BCUT2D eigenvalue weighted by Gasteiger charge is 2.19. The van der Waals surface area contributed by atoms with Crippen LogP contribution in [0.25, 0.3) is 0 Å². The molecule has 21 heavy (non-hydrogen) atoms. The van der Waals surface area contributed by atoms with Crippen molar-refractivity contribution in [1.29, 1.82) is 0 Å². The van der Waals surface area contributed by atoms with E-state index < -0.39 is 24.4 Å². The average Bonchev–Trinajstić information content (AvgIpc) is 2.36. The maximum atomic E-state index is 9.85. The molecule has 0 amide bonds. The fourth-order valence-corrected chi connectivity index (χ4v) is 2.26. The summed E-state index contributed by atoms with van der Waals surface area (Å²) < 4.78 is 0. The minimum Gasteiger partial charge on any atom is -0.392 e. The molecule has 0 aromatic heterocycles. The minimum atomic E-state index is -0.488. The van der Waals surface area contributed by atoms with E-state index >= 15 is 0 Å². The summed E-state index contributed by atoms with van der Waals surface area (Å²) in [7, 11) is 0. The lowest BCUT2D eigenvalue weighted by Crippen LogP contribution is -2.48. The molecule has 0 aliphatic carbocycles. The number of aliphatic hydroxyl groups excluding tert-OH is 4. The van der Waals surface area contributed by atoms with Crippen LogP contribution in [0.1, 0.15) is 40.5 Å². The molecule has 6 nitrogen and oxygen atoms in total. The van der Waals surface area contributed by atoms with Crippen molar-refractivity contribution in [3.8, 4) is 0 Å². The second-order valence-electron chi connectivity index (χ2n) is 6.04. The molecule has 0 heterocycles. The molecule has 0 radical (unpaired) electrons. The zero-order chi connectivity index (χ0) is 16.4. The standard InChI is InChI=1S/C15H34N2O4/c1-5-14(20)9-17(10-15(21)6-2)11-16(7-12(3)18)8-13(4)19/h12-15,18-21H,5-11H2,1-4H3. The number of hydrogen-bond acceptors (Lipinski definition) is 6. The lowest BCUT2D eigenvalue weighted by Gasteiger charge is -2.34. The Morgan fingerprint density at radius 2 is 1.00 bits per heavy atom. The molecule has 0 aliphatic heterocycles. The Balaban J connectivity index is 4.67. The Morgan fingerprint density at radius 3 is 1.29 bits per heavy atom. The quantitative estimate of drug-likeness (QED) is 0.375. The van der Waals surface area contributed by atoms with E-state index in [2.05, 4.69) is 0 Å². The first-order valence-electron chi connectivity index (χ1n) is 7.95. The highest BCUT2D eigenvalue weighted by atomic mass is 16.3. The Kier molecular flexibility index (Phi) is 11.2. The van der Waals surface area contributed by atoms with E-state index in [-0.39, 0.29) is 0 Å². The fraction of sp³-hybridized carbons (Fsp3) is 1.00. The molecule has 0 bridgehead atoms.